The molecule has 1 aliphatic carbocycles. The Bertz CT molecular complexity index is 954. The van der Waals surface area contributed by atoms with E-state index in [0.717, 1.165) is 54.8 Å². The third-order valence-electron chi connectivity index (χ3n) is 5.25. The molecule has 0 aromatic carbocycles. The van der Waals surface area contributed by atoms with Gasteiger partial charge in [0.05, 0.1) is 17.3 Å². The highest BCUT2D eigenvalue weighted by Gasteiger charge is 2.22. The van der Waals surface area contributed by atoms with E-state index in [1.165, 1.54) is 0 Å². The molecule has 0 radical (unpaired) electrons. The van der Waals surface area contributed by atoms with E-state index in [4.69, 9.17) is 0 Å². The quantitative estimate of drug-likeness (QED) is 0.604. The number of amides is 1. The minimum absolute atomic E-state index is 0.0642. The van der Waals surface area contributed by atoms with Gasteiger partial charge in [0.1, 0.15) is 12.1 Å². The molecule has 148 valence electrons. The first-order valence-corrected chi connectivity index (χ1v) is 9.67. The largest absolute Gasteiger partial charge is 0.369 e. The summed E-state index contributed by atoms with van der Waals surface area (Å²) in [5.41, 5.74) is 4.99. The van der Waals surface area contributed by atoms with Crippen LogP contribution in [0.15, 0.2) is 31.0 Å². The predicted molar refractivity (Wildman–Crippen MR) is 108 cm³/mol. The van der Waals surface area contributed by atoms with Crippen molar-refractivity contribution in [1.29, 1.82) is 0 Å². The van der Waals surface area contributed by atoms with Gasteiger partial charge in [-0.15, -0.1) is 0 Å². The lowest BCUT2D eigenvalue weighted by atomic mass is 9.86. The first-order chi connectivity index (χ1) is 13.6. The van der Waals surface area contributed by atoms with Crippen LogP contribution < -0.4 is 16.1 Å². The van der Waals surface area contributed by atoms with Gasteiger partial charge in [-0.2, -0.15) is 5.10 Å². The zero-order valence-electron chi connectivity index (χ0n) is 16.2. The summed E-state index contributed by atoms with van der Waals surface area (Å²) in [5.74, 6) is 1.50. The van der Waals surface area contributed by atoms with Gasteiger partial charge in [0.25, 0.3) is 0 Å². The first kappa shape index (κ1) is 18.3. The van der Waals surface area contributed by atoms with Gasteiger partial charge in [-0.25, -0.2) is 14.6 Å². The second-order valence-electron chi connectivity index (χ2n) is 7.46. The Hall–Kier alpha value is -3.10. The van der Waals surface area contributed by atoms with Crippen LogP contribution >= 0.6 is 0 Å². The zero-order valence-corrected chi connectivity index (χ0v) is 16.2. The highest BCUT2D eigenvalue weighted by atomic mass is 16.1. The topological polar surface area (TPSA) is 102 Å². The summed E-state index contributed by atoms with van der Waals surface area (Å²) in [6.45, 7) is 2.46. The standard InChI is InChI=1S/C19H26N8O/c1-13(28)24-15-5-3-14(4-6-15)9-20-18-17-7-8-27(19(17)22-12-21-18)25-16-10-23-26(2)11-16/h7-8,10-12,14-15,25H,3-6,9H2,1-2H3,(H,24,28)(H,20,21,22). The normalized spacial score (nSPS) is 19.5. The van der Waals surface area contributed by atoms with Crippen molar-refractivity contribution in [3.63, 3.8) is 0 Å². The van der Waals surface area contributed by atoms with Crippen LogP contribution in [0.4, 0.5) is 11.5 Å². The zero-order chi connectivity index (χ0) is 19.5. The Morgan fingerprint density at radius 3 is 2.79 bits per heavy atom. The van der Waals surface area contributed by atoms with Gasteiger partial charge in [-0.05, 0) is 37.7 Å². The summed E-state index contributed by atoms with van der Waals surface area (Å²) in [4.78, 5) is 20.1. The molecule has 1 aliphatic rings. The highest BCUT2D eigenvalue weighted by Crippen LogP contribution is 2.26. The molecule has 9 nitrogen and oxygen atoms in total. The molecule has 9 heteroatoms. The minimum Gasteiger partial charge on any atom is -0.369 e. The van der Waals surface area contributed by atoms with E-state index in [9.17, 15) is 4.79 Å². The van der Waals surface area contributed by atoms with Gasteiger partial charge in [0.2, 0.25) is 5.91 Å². The van der Waals surface area contributed by atoms with E-state index in [1.54, 1.807) is 24.1 Å². The van der Waals surface area contributed by atoms with Crippen molar-refractivity contribution in [3.8, 4) is 0 Å². The Morgan fingerprint density at radius 2 is 2.07 bits per heavy atom. The van der Waals surface area contributed by atoms with Gasteiger partial charge < -0.3 is 10.6 Å². The fourth-order valence-electron chi connectivity index (χ4n) is 3.84. The molecule has 28 heavy (non-hydrogen) atoms. The number of carbonyl (C=O) groups is 1. The number of nitrogens with one attached hydrogen (secondary N) is 3. The van der Waals surface area contributed by atoms with Gasteiger partial charge in [0, 0.05) is 39.0 Å². The van der Waals surface area contributed by atoms with Crippen molar-refractivity contribution < 1.29 is 4.79 Å². The summed E-state index contributed by atoms with van der Waals surface area (Å²) in [5, 5.41) is 11.7. The van der Waals surface area contributed by atoms with E-state index < -0.39 is 0 Å². The SMILES string of the molecule is CC(=O)NC1CCC(CNc2ncnc3c2ccn3Nc2cnn(C)c2)CC1. The molecule has 0 spiro atoms. The maximum atomic E-state index is 11.2. The lowest BCUT2D eigenvalue weighted by Gasteiger charge is -2.29. The van der Waals surface area contributed by atoms with Crippen molar-refractivity contribution in [2.75, 3.05) is 17.3 Å². The molecule has 3 aromatic rings. The third kappa shape index (κ3) is 4.08. The summed E-state index contributed by atoms with van der Waals surface area (Å²) in [7, 11) is 1.88. The highest BCUT2D eigenvalue weighted by molar-refractivity contribution is 5.87. The van der Waals surface area contributed by atoms with Gasteiger partial charge in [-0.1, -0.05) is 0 Å². The van der Waals surface area contributed by atoms with Crippen LogP contribution in [0.5, 0.6) is 0 Å². The molecule has 3 heterocycles. The summed E-state index contributed by atoms with van der Waals surface area (Å²) in [6.07, 6.45) is 11.5. The molecule has 1 saturated carbocycles. The van der Waals surface area contributed by atoms with Crippen molar-refractivity contribution in [3.05, 3.63) is 31.0 Å². The molecule has 0 saturated heterocycles. The van der Waals surface area contributed by atoms with E-state index in [-0.39, 0.29) is 5.91 Å². The first-order valence-electron chi connectivity index (χ1n) is 9.67. The average molecular weight is 382 g/mol. The fourth-order valence-corrected chi connectivity index (χ4v) is 3.84. The summed E-state index contributed by atoms with van der Waals surface area (Å²) in [6, 6.07) is 2.33. The molecule has 3 aromatic heterocycles. The molecule has 0 unspecified atom stereocenters. The van der Waals surface area contributed by atoms with Crippen LogP contribution in [0.1, 0.15) is 32.6 Å². The van der Waals surface area contributed by atoms with Crippen LogP contribution in [0.3, 0.4) is 0 Å². The lowest BCUT2D eigenvalue weighted by Crippen LogP contribution is -2.37. The second kappa shape index (κ2) is 7.87. The number of aryl methyl sites for hydroxylation is 1. The molecule has 4 rings (SSSR count). The Labute approximate surface area is 163 Å². The number of aromatic nitrogens is 5. The fraction of sp³-hybridized carbons (Fsp3) is 0.474. The van der Waals surface area contributed by atoms with Crippen molar-refractivity contribution >= 4 is 28.4 Å². The van der Waals surface area contributed by atoms with Crippen molar-refractivity contribution in [2.24, 2.45) is 13.0 Å². The molecular formula is C19H26N8O. The van der Waals surface area contributed by atoms with Crippen LogP contribution in [0.25, 0.3) is 11.0 Å². The lowest BCUT2D eigenvalue weighted by molar-refractivity contribution is -0.119. The summed E-state index contributed by atoms with van der Waals surface area (Å²) >= 11 is 0. The number of rotatable bonds is 6. The molecule has 0 atom stereocenters. The number of carbonyl (C=O) groups excluding carboxylic acids is 1. The number of hydrogen-bond donors (Lipinski definition) is 3. The number of hydrogen-bond acceptors (Lipinski definition) is 6. The Balaban J connectivity index is 1.39. The number of anilines is 2. The van der Waals surface area contributed by atoms with Gasteiger partial charge in [0.15, 0.2) is 5.65 Å². The molecular weight excluding hydrogens is 356 g/mol. The average Bonchev–Trinajstić information content (AvgIpc) is 3.27. The van der Waals surface area contributed by atoms with Crippen LogP contribution in [0.2, 0.25) is 0 Å². The predicted octanol–water partition coefficient (Wildman–Crippen LogP) is 2.15. The second-order valence-corrected chi connectivity index (χ2v) is 7.46. The van der Waals surface area contributed by atoms with E-state index in [0.29, 0.717) is 12.0 Å². The molecule has 3 N–H and O–H groups in total. The van der Waals surface area contributed by atoms with E-state index in [1.807, 2.05) is 30.2 Å². The summed E-state index contributed by atoms with van der Waals surface area (Å²) < 4.78 is 3.62. The monoisotopic (exact) mass is 382 g/mol. The third-order valence-corrected chi connectivity index (χ3v) is 5.25. The van der Waals surface area contributed by atoms with Crippen LogP contribution in [-0.2, 0) is 11.8 Å². The number of fused-ring (bicyclic) bond motifs is 1. The Kier molecular flexibility index (Phi) is 5.14. The minimum atomic E-state index is 0.0642. The van der Waals surface area contributed by atoms with Gasteiger partial charge in [-0.3, -0.25) is 14.9 Å². The van der Waals surface area contributed by atoms with E-state index >= 15 is 0 Å². The molecule has 1 fully saturated rings. The molecule has 0 aliphatic heterocycles. The maximum Gasteiger partial charge on any atom is 0.217 e. The van der Waals surface area contributed by atoms with Crippen molar-refractivity contribution in [2.45, 2.75) is 38.6 Å². The smallest absolute Gasteiger partial charge is 0.217 e. The van der Waals surface area contributed by atoms with Crippen LogP contribution in [-0.4, -0.2) is 42.9 Å². The van der Waals surface area contributed by atoms with Crippen molar-refractivity contribution in [1.82, 2.24) is 29.7 Å². The van der Waals surface area contributed by atoms with E-state index in [2.05, 4.69) is 31.1 Å². The Morgan fingerprint density at radius 1 is 1.25 bits per heavy atom. The van der Waals surface area contributed by atoms with Crippen LogP contribution in [0, 0.1) is 5.92 Å². The molecule has 0 bridgehead atoms. The number of nitrogens with zero attached hydrogens (tertiary/aromatic N) is 5. The maximum absolute atomic E-state index is 11.2. The molecule has 1 amide bonds. The van der Waals surface area contributed by atoms with Gasteiger partial charge >= 0.3 is 0 Å².